The smallest absolute Gasteiger partial charge is 0.257 e. The topological polar surface area (TPSA) is 60.5 Å². The summed E-state index contributed by atoms with van der Waals surface area (Å²) in [5.41, 5.74) is 3.08. The van der Waals surface area contributed by atoms with E-state index in [2.05, 4.69) is 26.2 Å². The highest BCUT2D eigenvalue weighted by Gasteiger charge is 2.15. The van der Waals surface area contributed by atoms with Crippen LogP contribution in [0.3, 0.4) is 0 Å². The second-order valence-electron chi connectivity index (χ2n) is 5.96. The SMILES string of the molecule is COc1ccc(Br)c(C(=O)Nc2cccnc2Oc2cccc(C)c2C)c1. The number of nitrogens with one attached hydrogen (secondary N) is 1. The first-order valence-electron chi connectivity index (χ1n) is 8.33. The van der Waals surface area contributed by atoms with Gasteiger partial charge < -0.3 is 14.8 Å². The Morgan fingerprint density at radius 3 is 2.70 bits per heavy atom. The molecule has 2 aromatic carbocycles. The van der Waals surface area contributed by atoms with Gasteiger partial charge in [-0.2, -0.15) is 0 Å². The van der Waals surface area contributed by atoms with E-state index >= 15 is 0 Å². The molecule has 0 saturated heterocycles. The highest BCUT2D eigenvalue weighted by molar-refractivity contribution is 9.10. The van der Waals surface area contributed by atoms with Crippen molar-refractivity contribution in [2.45, 2.75) is 13.8 Å². The second kappa shape index (κ2) is 8.22. The summed E-state index contributed by atoms with van der Waals surface area (Å²) in [5, 5.41) is 2.86. The number of benzene rings is 2. The van der Waals surface area contributed by atoms with E-state index in [0.29, 0.717) is 33.1 Å². The molecule has 3 rings (SSSR count). The highest BCUT2D eigenvalue weighted by atomic mass is 79.9. The molecule has 1 aromatic heterocycles. The lowest BCUT2D eigenvalue weighted by Gasteiger charge is -2.14. The summed E-state index contributed by atoms with van der Waals surface area (Å²) < 4.78 is 11.8. The minimum absolute atomic E-state index is 0.292. The number of hydrogen-bond donors (Lipinski definition) is 1. The average molecular weight is 427 g/mol. The molecule has 1 heterocycles. The van der Waals surface area contributed by atoms with E-state index in [0.717, 1.165) is 11.1 Å². The molecule has 6 heteroatoms. The van der Waals surface area contributed by atoms with Crippen LogP contribution in [-0.4, -0.2) is 18.0 Å². The van der Waals surface area contributed by atoms with Gasteiger partial charge in [-0.25, -0.2) is 4.98 Å². The molecule has 0 saturated carbocycles. The van der Waals surface area contributed by atoms with Crippen LogP contribution >= 0.6 is 15.9 Å². The van der Waals surface area contributed by atoms with Crippen molar-refractivity contribution in [3.05, 3.63) is 75.9 Å². The summed E-state index contributed by atoms with van der Waals surface area (Å²) in [5.74, 6) is 1.34. The van der Waals surface area contributed by atoms with E-state index in [4.69, 9.17) is 9.47 Å². The number of carbonyl (C=O) groups excluding carboxylic acids is 1. The monoisotopic (exact) mass is 426 g/mol. The van der Waals surface area contributed by atoms with E-state index in [1.54, 1.807) is 43.6 Å². The minimum atomic E-state index is -0.292. The van der Waals surface area contributed by atoms with Gasteiger partial charge in [0.25, 0.3) is 5.91 Å². The third-order valence-electron chi connectivity index (χ3n) is 4.20. The molecule has 0 aliphatic carbocycles. The molecule has 0 fully saturated rings. The molecule has 0 radical (unpaired) electrons. The molecule has 1 N–H and O–H groups in total. The number of halogens is 1. The first-order valence-corrected chi connectivity index (χ1v) is 9.13. The third kappa shape index (κ3) is 4.28. The first-order chi connectivity index (χ1) is 13.0. The van der Waals surface area contributed by atoms with Crippen LogP contribution in [0.2, 0.25) is 0 Å². The molecule has 3 aromatic rings. The molecular formula is C21H19BrN2O3. The Morgan fingerprint density at radius 1 is 1.11 bits per heavy atom. The summed E-state index contributed by atoms with van der Waals surface area (Å²) >= 11 is 3.40. The number of nitrogens with zero attached hydrogens (tertiary/aromatic N) is 1. The maximum atomic E-state index is 12.7. The lowest BCUT2D eigenvalue weighted by atomic mass is 10.1. The van der Waals surface area contributed by atoms with Crippen molar-refractivity contribution in [1.29, 1.82) is 0 Å². The molecule has 0 aliphatic rings. The Bertz CT molecular complexity index is 989. The van der Waals surface area contributed by atoms with E-state index in [9.17, 15) is 4.79 Å². The molecule has 0 bridgehead atoms. The number of aromatic nitrogens is 1. The van der Waals surface area contributed by atoms with Gasteiger partial charge in [-0.05, 0) is 77.3 Å². The van der Waals surface area contributed by atoms with Crippen LogP contribution < -0.4 is 14.8 Å². The van der Waals surface area contributed by atoms with Crippen molar-refractivity contribution in [2.75, 3.05) is 12.4 Å². The van der Waals surface area contributed by atoms with Crippen LogP contribution in [0.1, 0.15) is 21.5 Å². The second-order valence-corrected chi connectivity index (χ2v) is 6.81. The molecule has 0 aliphatic heterocycles. The lowest BCUT2D eigenvalue weighted by molar-refractivity contribution is 0.102. The molecular weight excluding hydrogens is 408 g/mol. The predicted molar refractivity (Wildman–Crippen MR) is 109 cm³/mol. The van der Waals surface area contributed by atoms with Gasteiger partial charge in [-0.15, -0.1) is 0 Å². The number of anilines is 1. The number of aryl methyl sites for hydroxylation is 1. The quantitative estimate of drug-likeness (QED) is 0.583. The van der Waals surface area contributed by atoms with Gasteiger partial charge in [-0.1, -0.05) is 12.1 Å². The fraction of sp³-hybridized carbons (Fsp3) is 0.143. The van der Waals surface area contributed by atoms with Crippen molar-refractivity contribution >= 4 is 27.5 Å². The molecule has 0 spiro atoms. The van der Waals surface area contributed by atoms with Crippen molar-refractivity contribution in [3.8, 4) is 17.4 Å². The van der Waals surface area contributed by atoms with Crippen molar-refractivity contribution in [1.82, 2.24) is 4.98 Å². The Balaban J connectivity index is 1.88. The number of amides is 1. The van der Waals surface area contributed by atoms with Crippen LogP contribution in [0, 0.1) is 13.8 Å². The minimum Gasteiger partial charge on any atom is -0.497 e. The third-order valence-corrected chi connectivity index (χ3v) is 4.89. The van der Waals surface area contributed by atoms with Crippen molar-refractivity contribution < 1.29 is 14.3 Å². The van der Waals surface area contributed by atoms with E-state index < -0.39 is 0 Å². The summed E-state index contributed by atoms with van der Waals surface area (Å²) in [6, 6.07) is 14.5. The summed E-state index contributed by atoms with van der Waals surface area (Å²) in [4.78, 5) is 17.0. The number of carbonyl (C=O) groups is 1. The molecule has 0 unspecified atom stereocenters. The van der Waals surface area contributed by atoms with Gasteiger partial charge >= 0.3 is 0 Å². The van der Waals surface area contributed by atoms with Crippen molar-refractivity contribution in [2.24, 2.45) is 0 Å². The van der Waals surface area contributed by atoms with E-state index in [-0.39, 0.29) is 5.91 Å². The van der Waals surface area contributed by atoms with Crippen LogP contribution in [0.5, 0.6) is 17.4 Å². The largest absolute Gasteiger partial charge is 0.497 e. The number of hydrogen-bond acceptors (Lipinski definition) is 4. The fourth-order valence-electron chi connectivity index (χ4n) is 2.50. The normalized spacial score (nSPS) is 10.4. The number of methoxy groups -OCH3 is 1. The Hall–Kier alpha value is -2.86. The predicted octanol–water partition coefficient (Wildman–Crippen LogP) is 5.51. The van der Waals surface area contributed by atoms with Gasteiger partial charge in [0.15, 0.2) is 0 Å². The zero-order chi connectivity index (χ0) is 19.4. The number of ether oxygens (including phenoxy) is 2. The molecule has 27 heavy (non-hydrogen) atoms. The van der Waals surface area contributed by atoms with Crippen molar-refractivity contribution in [3.63, 3.8) is 0 Å². The van der Waals surface area contributed by atoms with Gasteiger partial charge in [0, 0.05) is 10.7 Å². The van der Waals surface area contributed by atoms with Crippen LogP contribution in [0.15, 0.2) is 59.2 Å². The summed E-state index contributed by atoms with van der Waals surface area (Å²) in [7, 11) is 1.56. The molecule has 0 atom stereocenters. The molecule has 1 amide bonds. The molecule has 5 nitrogen and oxygen atoms in total. The summed E-state index contributed by atoms with van der Waals surface area (Å²) in [6.45, 7) is 4.00. The molecule has 138 valence electrons. The van der Waals surface area contributed by atoms with Gasteiger partial charge in [0.2, 0.25) is 5.88 Å². The zero-order valence-electron chi connectivity index (χ0n) is 15.2. The zero-order valence-corrected chi connectivity index (χ0v) is 16.8. The first kappa shape index (κ1) is 18.9. The van der Waals surface area contributed by atoms with Gasteiger partial charge in [-0.3, -0.25) is 4.79 Å². The van der Waals surface area contributed by atoms with Crippen LogP contribution in [-0.2, 0) is 0 Å². The standard InChI is InChI=1S/C21H19BrN2O3/c1-13-6-4-8-19(14(13)2)27-21-18(7-5-11-23-21)24-20(25)16-12-15(26-3)9-10-17(16)22/h4-12H,1-3H3,(H,24,25). The van der Waals surface area contributed by atoms with Crippen LogP contribution in [0.4, 0.5) is 5.69 Å². The fourth-order valence-corrected chi connectivity index (χ4v) is 2.93. The van der Waals surface area contributed by atoms with Crippen LogP contribution in [0.25, 0.3) is 0 Å². The van der Waals surface area contributed by atoms with Gasteiger partial charge in [0.1, 0.15) is 17.2 Å². The maximum Gasteiger partial charge on any atom is 0.257 e. The Morgan fingerprint density at radius 2 is 1.93 bits per heavy atom. The number of rotatable bonds is 5. The highest BCUT2D eigenvalue weighted by Crippen LogP contribution is 2.31. The maximum absolute atomic E-state index is 12.7. The van der Waals surface area contributed by atoms with E-state index in [1.807, 2.05) is 32.0 Å². The average Bonchev–Trinajstić information content (AvgIpc) is 2.67. The Kier molecular flexibility index (Phi) is 5.76. The van der Waals surface area contributed by atoms with E-state index in [1.165, 1.54) is 0 Å². The van der Waals surface area contributed by atoms with Gasteiger partial charge in [0.05, 0.1) is 12.7 Å². The lowest BCUT2D eigenvalue weighted by Crippen LogP contribution is -2.13. The Labute approximate surface area is 166 Å². The summed E-state index contributed by atoms with van der Waals surface area (Å²) in [6.07, 6.45) is 1.62. The number of pyridine rings is 1.